The summed E-state index contributed by atoms with van der Waals surface area (Å²) in [5.41, 5.74) is 2.37. The van der Waals surface area contributed by atoms with Crippen LogP contribution in [0, 0.1) is 12.7 Å². The Labute approximate surface area is 155 Å². The number of hydrogen-bond donors (Lipinski definition) is 1. The number of aryl methyl sites for hydroxylation is 2. The number of anilines is 1. The van der Waals surface area contributed by atoms with E-state index < -0.39 is 5.82 Å². The predicted octanol–water partition coefficient (Wildman–Crippen LogP) is 4.01. The Morgan fingerprint density at radius 3 is 2.58 bits per heavy atom. The van der Waals surface area contributed by atoms with Crippen molar-refractivity contribution in [3.63, 3.8) is 0 Å². The smallest absolute Gasteiger partial charge is 0.234 e. The summed E-state index contributed by atoms with van der Waals surface area (Å²) in [7, 11) is 0. The molecule has 1 aromatic heterocycles. The summed E-state index contributed by atoms with van der Waals surface area (Å²) in [6, 6.07) is 14.2. The predicted molar refractivity (Wildman–Crippen MR) is 101 cm³/mol. The Hall–Kier alpha value is -2.67. The third-order valence-electron chi connectivity index (χ3n) is 3.88. The third kappa shape index (κ3) is 4.11. The van der Waals surface area contributed by atoms with Gasteiger partial charge in [-0.3, -0.25) is 9.36 Å². The standard InChI is InChI=1S/C19H19FN4OS/c1-3-14-8-10-15(11-9-14)24-13(2)22-23-19(24)26-12-18(25)21-17-7-5-4-6-16(17)20/h4-11H,3,12H2,1-2H3,(H,21,25). The van der Waals surface area contributed by atoms with Crippen molar-refractivity contribution in [3.05, 3.63) is 65.7 Å². The lowest BCUT2D eigenvalue weighted by molar-refractivity contribution is -0.113. The van der Waals surface area contributed by atoms with Gasteiger partial charge in [-0.2, -0.15) is 0 Å². The number of hydrogen-bond acceptors (Lipinski definition) is 4. The molecule has 5 nitrogen and oxygen atoms in total. The Balaban J connectivity index is 1.70. The number of nitrogens with one attached hydrogen (secondary N) is 1. The van der Waals surface area contributed by atoms with Crippen molar-refractivity contribution in [2.45, 2.75) is 25.4 Å². The minimum atomic E-state index is -0.458. The van der Waals surface area contributed by atoms with E-state index in [0.717, 1.165) is 17.9 Å². The highest BCUT2D eigenvalue weighted by atomic mass is 32.2. The number of carbonyl (C=O) groups is 1. The van der Waals surface area contributed by atoms with Gasteiger partial charge >= 0.3 is 0 Å². The Kier molecular flexibility index (Phi) is 5.68. The number of thioether (sulfide) groups is 1. The van der Waals surface area contributed by atoms with E-state index in [0.29, 0.717) is 5.16 Å². The molecule has 134 valence electrons. The molecule has 0 bridgehead atoms. The summed E-state index contributed by atoms with van der Waals surface area (Å²) in [5, 5.41) is 11.5. The van der Waals surface area contributed by atoms with Gasteiger partial charge in [0.2, 0.25) is 5.91 Å². The number of carbonyl (C=O) groups excluding carboxylic acids is 1. The lowest BCUT2D eigenvalue weighted by Gasteiger charge is -2.09. The van der Waals surface area contributed by atoms with Gasteiger partial charge < -0.3 is 5.32 Å². The average Bonchev–Trinajstić information content (AvgIpc) is 3.02. The lowest BCUT2D eigenvalue weighted by Crippen LogP contribution is -2.15. The van der Waals surface area contributed by atoms with Crippen LogP contribution in [0.3, 0.4) is 0 Å². The molecule has 0 saturated heterocycles. The first-order valence-corrected chi connectivity index (χ1v) is 9.25. The van der Waals surface area contributed by atoms with Crippen LogP contribution in [-0.2, 0) is 11.2 Å². The number of halogens is 1. The van der Waals surface area contributed by atoms with Crippen LogP contribution in [0.15, 0.2) is 53.7 Å². The van der Waals surface area contributed by atoms with Crippen LogP contribution in [0.5, 0.6) is 0 Å². The highest BCUT2D eigenvalue weighted by Gasteiger charge is 2.14. The van der Waals surface area contributed by atoms with E-state index in [1.807, 2.05) is 23.6 Å². The highest BCUT2D eigenvalue weighted by Crippen LogP contribution is 2.23. The van der Waals surface area contributed by atoms with Gasteiger partial charge in [0.05, 0.1) is 11.4 Å². The lowest BCUT2D eigenvalue weighted by atomic mass is 10.1. The molecule has 3 rings (SSSR count). The van der Waals surface area contributed by atoms with E-state index in [2.05, 4.69) is 34.6 Å². The van der Waals surface area contributed by atoms with E-state index in [-0.39, 0.29) is 17.3 Å². The molecule has 1 amide bonds. The number of nitrogens with zero attached hydrogens (tertiary/aromatic N) is 3. The van der Waals surface area contributed by atoms with Crippen molar-refractivity contribution >= 4 is 23.4 Å². The van der Waals surface area contributed by atoms with Gasteiger partial charge in [0.1, 0.15) is 11.6 Å². The van der Waals surface area contributed by atoms with Gasteiger partial charge in [-0.25, -0.2) is 4.39 Å². The van der Waals surface area contributed by atoms with Crippen LogP contribution in [0.4, 0.5) is 10.1 Å². The summed E-state index contributed by atoms with van der Waals surface area (Å²) < 4.78 is 15.5. The molecular weight excluding hydrogens is 351 g/mol. The van der Waals surface area contributed by atoms with E-state index in [9.17, 15) is 9.18 Å². The Bertz CT molecular complexity index is 908. The Morgan fingerprint density at radius 1 is 1.15 bits per heavy atom. The summed E-state index contributed by atoms with van der Waals surface area (Å²) in [5.74, 6) is 0.0974. The molecule has 0 aliphatic rings. The molecule has 0 atom stereocenters. The SMILES string of the molecule is CCc1ccc(-n2c(C)nnc2SCC(=O)Nc2ccccc2F)cc1. The zero-order chi connectivity index (χ0) is 18.5. The van der Waals surface area contributed by atoms with Crippen LogP contribution in [-0.4, -0.2) is 26.4 Å². The van der Waals surface area contributed by atoms with Crippen LogP contribution in [0.25, 0.3) is 5.69 Å². The molecular formula is C19H19FN4OS. The molecule has 0 fully saturated rings. The number of amides is 1. The van der Waals surface area contributed by atoms with Gasteiger partial charge in [-0.1, -0.05) is 43.0 Å². The number of benzene rings is 2. The average molecular weight is 370 g/mol. The fourth-order valence-corrected chi connectivity index (χ4v) is 3.29. The maximum Gasteiger partial charge on any atom is 0.234 e. The fourth-order valence-electron chi connectivity index (χ4n) is 2.49. The molecule has 0 spiro atoms. The molecule has 1 heterocycles. The molecule has 0 saturated carbocycles. The molecule has 3 aromatic rings. The van der Waals surface area contributed by atoms with E-state index in [1.54, 1.807) is 12.1 Å². The van der Waals surface area contributed by atoms with Crippen molar-refractivity contribution in [3.8, 4) is 5.69 Å². The number of aromatic nitrogens is 3. The van der Waals surface area contributed by atoms with E-state index in [4.69, 9.17) is 0 Å². The largest absolute Gasteiger partial charge is 0.323 e. The zero-order valence-corrected chi connectivity index (χ0v) is 15.4. The van der Waals surface area contributed by atoms with Gasteiger partial charge in [0.15, 0.2) is 5.16 Å². The van der Waals surface area contributed by atoms with Crippen LogP contribution in [0.2, 0.25) is 0 Å². The first-order valence-electron chi connectivity index (χ1n) is 8.27. The minimum absolute atomic E-state index is 0.111. The zero-order valence-electron chi connectivity index (χ0n) is 14.6. The second kappa shape index (κ2) is 8.14. The minimum Gasteiger partial charge on any atom is -0.323 e. The van der Waals surface area contributed by atoms with Gasteiger partial charge in [0.25, 0.3) is 0 Å². The molecule has 0 aliphatic heterocycles. The number of para-hydroxylation sites is 1. The number of rotatable bonds is 6. The van der Waals surface area contributed by atoms with Crippen LogP contribution >= 0.6 is 11.8 Å². The van der Waals surface area contributed by atoms with Crippen LogP contribution in [0.1, 0.15) is 18.3 Å². The Morgan fingerprint density at radius 2 is 1.88 bits per heavy atom. The second-order valence-corrected chi connectivity index (χ2v) is 6.64. The summed E-state index contributed by atoms with van der Waals surface area (Å²) in [6.45, 7) is 3.97. The summed E-state index contributed by atoms with van der Waals surface area (Å²) in [4.78, 5) is 12.1. The fraction of sp³-hybridized carbons (Fsp3) is 0.211. The molecule has 0 radical (unpaired) electrons. The quantitative estimate of drug-likeness (QED) is 0.666. The molecule has 0 unspecified atom stereocenters. The molecule has 7 heteroatoms. The van der Waals surface area contributed by atoms with Crippen molar-refractivity contribution in [2.24, 2.45) is 0 Å². The molecule has 0 aliphatic carbocycles. The van der Waals surface area contributed by atoms with E-state index >= 15 is 0 Å². The molecule has 2 aromatic carbocycles. The second-order valence-electron chi connectivity index (χ2n) is 5.70. The van der Waals surface area contributed by atoms with Crippen molar-refractivity contribution in [1.82, 2.24) is 14.8 Å². The highest BCUT2D eigenvalue weighted by molar-refractivity contribution is 7.99. The van der Waals surface area contributed by atoms with Gasteiger partial charge in [-0.15, -0.1) is 10.2 Å². The van der Waals surface area contributed by atoms with Crippen molar-refractivity contribution in [1.29, 1.82) is 0 Å². The maximum absolute atomic E-state index is 13.6. The van der Waals surface area contributed by atoms with Gasteiger partial charge in [0, 0.05) is 5.69 Å². The maximum atomic E-state index is 13.6. The first kappa shape index (κ1) is 18.1. The monoisotopic (exact) mass is 370 g/mol. The topological polar surface area (TPSA) is 59.8 Å². The first-order chi connectivity index (χ1) is 12.6. The summed E-state index contributed by atoms with van der Waals surface area (Å²) >= 11 is 1.26. The van der Waals surface area contributed by atoms with Crippen molar-refractivity contribution < 1.29 is 9.18 Å². The van der Waals surface area contributed by atoms with Crippen molar-refractivity contribution in [2.75, 3.05) is 11.1 Å². The van der Waals surface area contributed by atoms with Crippen LogP contribution < -0.4 is 5.32 Å². The third-order valence-corrected chi connectivity index (χ3v) is 4.81. The normalized spacial score (nSPS) is 10.7. The van der Waals surface area contributed by atoms with Gasteiger partial charge in [-0.05, 0) is 43.2 Å². The molecule has 1 N–H and O–H groups in total. The summed E-state index contributed by atoms with van der Waals surface area (Å²) in [6.07, 6.45) is 0.971. The molecule has 26 heavy (non-hydrogen) atoms. The van der Waals surface area contributed by atoms with E-state index in [1.165, 1.54) is 29.5 Å².